The number of nitro groups is 1. The van der Waals surface area contributed by atoms with Crippen LogP contribution in [0.15, 0.2) is 12.1 Å². The maximum absolute atomic E-state index is 10.8. The van der Waals surface area contributed by atoms with Crippen LogP contribution in [0, 0.1) is 10.1 Å². The molecule has 0 aliphatic rings. The summed E-state index contributed by atoms with van der Waals surface area (Å²) in [5, 5.41) is 9.41. The first-order valence-electron chi connectivity index (χ1n) is 3.26. The molecule has 0 amide bonds. The van der Waals surface area contributed by atoms with E-state index in [0.717, 1.165) is 12.1 Å². The van der Waals surface area contributed by atoms with Gasteiger partial charge < -0.3 is 0 Å². The van der Waals surface area contributed by atoms with E-state index >= 15 is 0 Å². The highest BCUT2D eigenvalue weighted by Crippen LogP contribution is 2.31. The van der Waals surface area contributed by atoms with Gasteiger partial charge >= 0.3 is 0 Å². The molecule has 1 aromatic rings. The molecule has 0 bridgehead atoms. The monoisotopic (exact) mass is 253 g/mol. The van der Waals surface area contributed by atoms with E-state index in [1.165, 1.54) is 0 Å². The van der Waals surface area contributed by atoms with Crippen molar-refractivity contribution in [2.75, 3.05) is 0 Å². The van der Waals surface area contributed by atoms with Crippen molar-refractivity contribution in [3.63, 3.8) is 0 Å². The lowest BCUT2D eigenvalue weighted by Gasteiger charge is -2.00. The van der Waals surface area contributed by atoms with E-state index < -0.39 is 15.9 Å². The van der Waals surface area contributed by atoms with E-state index in [9.17, 15) is 14.9 Å². The van der Waals surface area contributed by atoms with Crippen LogP contribution in [0.5, 0.6) is 0 Å². The van der Waals surface area contributed by atoms with Crippen molar-refractivity contribution in [3.05, 3.63) is 37.9 Å². The van der Waals surface area contributed by atoms with E-state index in [0.29, 0.717) is 0 Å². The SMILES string of the molecule is O=C(Cl)c1cc([N+](=O)[O-])c(Cl)cc1Cl. The van der Waals surface area contributed by atoms with Crippen LogP contribution in [0.4, 0.5) is 5.69 Å². The van der Waals surface area contributed by atoms with Crippen LogP contribution in [0.3, 0.4) is 0 Å². The number of hydrogen-bond donors (Lipinski definition) is 0. The van der Waals surface area contributed by atoms with E-state index in [4.69, 9.17) is 34.8 Å². The molecule has 4 nitrogen and oxygen atoms in total. The second kappa shape index (κ2) is 4.13. The molecule has 0 saturated heterocycles. The minimum atomic E-state index is -0.866. The van der Waals surface area contributed by atoms with Crippen molar-refractivity contribution < 1.29 is 9.72 Å². The average Bonchev–Trinajstić information content (AvgIpc) is 2.02. The second-order valence-electron chi connectivity index (χ2n) is 2.31. The van der Waals surface area contributed by atoms with Gasteiger partial charge in [-0.1, -0.05) is 23.2 Å². The predicted molar refractivity (Wildman–Crippen MR) is 53.3 cm³/mol. The van der Waals surface area contributed by atoms with Gasteiger partial charge in [0.2, 0.25) is 0 Å². The van der Waals surface area contributed by atoms with Crippen molar-refractivity contribution in [2.45, 2.75) is 0 Å². The van der Waals surface area contributed by atoms with E-state index in [1.54, 1.807) is 0 Å². The highest BCUT2D eigenvalue weighted by molar-refractivity contribution is 6.68. The number of halogens is 3. The normalized spacial score (nSPS) is 9.93. The summed E-state index contributed by atoms with van der Waals surface area (Å²) in [6.45, 7) is 0. The van der Waals surface area contributed by atoms with Crippen LogP contribution in [0.1, 0.15) is 10.4 Å². The maximum Gasteiger partial charge on any atom is 0.288 e. The van der Waals surface area contributed by atoms with Crippen LogP contribution in [0.2, 0.25) is 10.0 Å². The Kier molecular flexibility index (Phi) is 3.31. The lowest BCUT2D eigenvalue weighted by Crippen LogP contribution is -1.95. The molecule has 0 N–H and O–H groups in total. The lowest BCUT2D eigenvalue weighted by molar-refractivity contribution is -0.384. The summed E-state index contributed by atoms with van der Waals surface area (Å²) in [4.78, 5) is 20.5. The second-order valence-corrected chi connectivity index (χ2v) is 3.47. The highest BCUT2D eigenvalue weighted by atomic mass is 35.5. The highest BCUT2D eigenvalue weighted by Gasteiger charge is 2.18. The minimum Gasteiger partial charge on any atom is -0.276 e. The molecule has 7 heteroatoms. The topological polar surface area (TPSA) is 60.2 Å². The van der Waals surface area contributed by atoms with Gasteiger partial charge in [0.1, 0.15) is 5.02 Å². The molecule has 1 rings (SSSR count). The first-order valence-corrected chi connectivity index (χ1v) is 4.40. The van der Waals surface area contributed by atoms with Crippen LogP contribution in [0.25, 0.3) is 0 Å². The summed E-state index contributed by atoms with van der Waals surface area (Å²) in [7, 11) is 0. The average molecular weight is 254 g/mol. The van der Waals surface area contributed by atoms with Gasteiger partial charge in [-0.15, -0.1) is 0 Å². The smallest absolute Gasteiger partial charge is 0.276 e. The van der Waals surface area contributed by atoms with Gasteiger partial charge in [-0.25, -0.2) is 0 Å². The molecule has 0 heterocycles. The summed E-state index contributed by atoms with van der Waals surface area (Å²) in [6.07, 6.45) is 0. The molecule has 0 saturated carbocycles. The first-order chi connectivity index (χ1) is 6.43. The molecule has 1 aromatic carbocycles. The van der Waals surface area contributed by atoms with Crippen molar-refractivity contribution in [1.82, 2.24) is 0 Å². The zero-order chi connectivity index (χ0) is 10.9. The number of benzene rings is 1. The Labute approximate surface area is 93.5 Å². The molecule has 0 aliphatic heterocycles. The van der Waals surface area contributed by atoms with Crippen LogP contribution >= 0.6 is 34.8 Å². The van der Waals surface area contributed by atoms with Crippen LogP contribution in [-0.2, 0) is 0 Å². The van der Waals surface area contributed by atoms with Gasteiger partial charge in [0, 0.05) is 6.07 Å². The summed E-state index contributed by atoms with van der Waals surface area (Å²) >= 11 is 16.3. The summed E-state index contributed by atoms with van der Waals surface area (Å²) < 4.78 is 0. The van der Waals surface area contributed by atoms with E-state index in [-0.39, 0.29) is 15.6 Å². The molecule has 0 radical (unpaired) electrons. The van der Waals surface area contributed by atoms with Gasteiger partial charge in [0.15, 0.2) is 0 Å². The van der Waals surface area contributed by atoms with Crippen molar-refractivity contribution in [2.24, 2.45) is 0 Å². The van der Waals surface area contributed by atoms with Gasteiger partial charge in [0.05, 0.1) is 15.5 Å². The molecular weight excluding hydrogens is 252 g/mol. The van der Waals surface area contributed by atoms with E-state index in [1.807, 2.05) is 0 Å². The van der Waals surface area contributed by atoms with Crippen molar-refractivity contribution >= 4 is 45.7 Å². The third kappa shape index (κ3) is 2.15. The zero-order valence-corrected chi connectivity index (χ0v) is 8.73. The fourth-order valence-corrected chi connectivity index (χ4v) is 1.57. The van der Waals surface area contributed by atoms with Gasteiger partial charge in [-0.2, -0.15) is 0 Å². The standard InChI is InChI=1S/C7H2Cl3NO3/c8-4-2-5(9)6(11(13)14)1-3(4)7(10)12/h1-2H. The van der Waals surface area contributed by atoms with Crippen molar-refractivity contribution in [1.29, 1.82) is 0 Å². The number of rotatable bonds is 2. The minimum absolute atomic E-state index is 0.0133. The number of nitro benzene ring substituents is 1. The predicted octanol–water partition coefficient (Wildman–Crippen LogP) is 3.28. The van der Waals surface area contributed by atoms with Gasteiger partial charge in [-0.05, 0) is 17.7 Å². The molecule has 0 fully saturated rings. The zero-order valence-electron chi connectivity index (χ0n) is 6.46. The number of carbonyl (C=O) groups excluding carboxylic acids is 1. The molecular formula is C7H2Cl3NO3. The Bertz CT molecular complexity index is 384. The Balaban J connectivity index is 3.42. The molecule has 14 heavy (non-hydrogen) atoms. The molecule has 0 aliphatic carbocycles. The molecule has 0 unspecified atom stereocenters. The number of hydrogen-bond acceptors (Lipinski definition) is 3. The molecule has 0 spiro atoms. The number of carbonyl (C=O) groups is 1. The van der Waals surface area contributed by atoms with Gasteiger partial charge in [-0.3, -0.25) is 14.9 Å². The lowest BCUT2D eigenvalue weighted by atomic mass is 10.2. The first kappa shape index (κ1) is 11.2. The Morgan fingerprint density at radius 1 is 1.29 bits per heavy atom. The summed E-state index contributed by atoms with van der Waals surface area (Å²) in [6, 6.07) is 2.05. The third-order valence-electron chi connectivity index (χ3n) is 1.44. The number of nitrogens with zero attached hydrogens (tertiary/aromatic N) is 1. The van der Waals surface area contributed by atoms with Crippen LogP contribution in [-0.4, -0.2) is 10.2 Å². The summed E-state index contributed by atoms with van der Waals surface area (Å²) in [5.41, 5.74) is -0.537. The van der Waals surface area contributed by atoms with Crippen LogP contribution < -0.4 is 0 Å². The van der Waals surface area contributed by atoms with Gasteiger partial charge in [0.25, 0.3) is 10.9 Å². The quantitative estimate of drug-likeness (QED) is 0.462. The third-order valence-corrected chi connectivity index (χ3v) is 2.26. The summed E-state index contributed by atoms with van der Waals surface area (Å²) in [5.74, 6) is 0. The molecule has 74 valence electrons. The molecule has 0 aromatic heterocycles. The van der Waals surface area contributed by atoms with Crippen molar-refractivity contribution in [3.8, 4) is 0 Å². The Hall–Kier alpha value is -0.840. The van der Waals surface area contributed by atoms with E-state index in [2.05, 4.69) is 0 Å². The largest absolute Gasteiger partial charge is 0.288 e. The maximum atomic E-state index is 10.8. The fourth-order valence-electron chi connectivity index (χ4n) is 0.828. The Morgan fingerprint density at radius 3 is 2.29 bits per heavy atom. The Morgan fingerprint density at radius 2 is 1.86 bits per heavy atom. The fraction of sp³-hybridized carbons (Fsp3) is 0. The molecule has 0 atom stereocenters.